The highest BCUT2D eigenvalue weighted by molar-refractivity contribution is 5.78. The lowest BCUT2D eigenvalue weighted by Crippen LogP contribution is -2.49. The number of rotatable bonds is 5. The van der Waals surface area contributed by atoms with Crippen LogP contribution in [0.25, 0.3) is 0 Å². The van der Waals surface area contributed by atoms with Gasteiger partial charge in [0.1, 0.15) is 5.75 Å². The van der Waals surface area contributed by atoms with Gasteiger partial charge in [-0.05, 0) is 35.7 Å². The summed E-state index contributed by atoms with van der Waals surface area (Å²) in [6.07, 6.45) is 0.519. The third kappa shape index (κ3) is 4.51. The number of ether oxygens (including phenoxy) is 1. The van der Waals surface area contributed by atoms with E-state index in [0.717, 1.165) is 18.8 Å². The summed E-state index contributed by atoms with van der Waals surface area (Å²) in [5.41, 5.74) is 2.22. The number of nitrogens with zero attached hydrogens (tertiary/aromatic N) is 2. The van der Waals surface area contributed by atoms with Crippen molar-refractivity contribution in [3.05, 3.63) is 65.7 Å². The number of piperazine rings is 1. The summed E-state index contributed by atoms with van der Waals surface area (Å²) in [5.74, 6) is 1.08. The zero-order chi connectivity index (χ0) is 19.4. The number of benzene rings is 2. The maximum Gasteiger partial charge on any atom is 0.223 e. The van der Waals surface area contributed by atoms with E-state index >= 15 is 0 Å². The van der Waals surface area contributed by atoms with Crippen LogP contribution >= 0.6 is 0 Å². The molecule has 1 saturated heterocycles. The predicted octanol–water partition coefficient (Wildman–Crippen LogP) is 3.88. The number of carbonyl (C=O) groups excluding carboxylic acids is 1. The van der Waals surface area contributed by atoms with Gasteiger partial charge in [-0.3, -0.25) is 9.69 Å². The Hall–Kier alpha value is -2.33. The Morgan fingerprint density at radius 2 is 1.85 bits per heavy atom. The van der Waals surface area contributed by atoms with Crippen molar-refractivity contribution in [2.75, 3.05) is 33.8 Å². The minimum absolute atomic E-state index is 0.173. The molecule has 144 valence electrons. The molecule has 1 amide bonds. The normalized spacial score (nSPS) is 18.4. The molecule has 0 saturated carbocycles. The first-order valence-electron chi connectivity index (χ1n) is 9.58. The van der Waals surface area contributed by atoms with Crippen molar-refractivity contribution in [2.24, 2.45) is 0 Å². The van der Waals surface area contributed by atoms with Gasteiger partial charge in [-0.1, -0.05) is 56.3 Å². The maximum atomic E-state index is 13.1. The Kier molecular flexibility index (Phi) is 5.85. The molecule has 1 aliphatic heterocycles. The lowest BCUT2D eigenvalue weighted by atomic mass is 9.81. The Balaban J connectivity index is 1.72. The number of amides is 1. The first-order chi connectivity index (χ1) is 12.9. The van der Waals surface area contributed by atoms with Gasteiger partial charge in [0.05, 0.1) is 13.2 Å². The van der Waals surface area contributed by atoms with Crippen molar-refractivity contribution in [1.29, 1.82) is 0 Å². The molecule has 1 heterocycles. The summed E-state index contributed by atoms with van der Waals surface area (Å²) in [4.78, 5) is 17.4. The second-order valence-electron chi connectivity index (χ2n) is 8.04. The van der Waals surface area contributed by atoms with Crippen molar-refractivity contribution in [3.63, 3.8) is 0 Å². The quantitative estimate of drug-likeness (QED) is 0.805. The Labute approximate surface area is 162 Å². The number of hydrogen-bond acceptors (Lipinski definition) is 3. The molecule has 1 atom stereocenters. The second kappa shape index (κ2) is 8.13. The highest BCUT2D eigenvalue weighted by atomic mass is 16.5. The molecule has 4 nitrogen and oxygen atoms in total. The summed E-state index contributed by atoms with van der Waals surface area (Å²) < 4.78 is 5.37. The number of methoxy groups -OCH3 is 1. The van der Waals surface area contributed by atoms with E-state index < -0.39 is 0 Å². The van der Waals surface area contributed by atoms with Gasteiger partial charge in [0.15, 0.2) is 0 Å². The molecule has 1 unspecified atom stereocenters. The molecule has 27 heavy (non-hydrogen) atoms. The van der Waals surface area contributed by atoms with Crippen molar-refractivity contribution in [1.82, 2.24) is 9.80 Å². The van der Waals surface area contributed by atoms with Crippen LogP contribution in [0.5, 0.6) is 5.75 Å². The van der Waals surface area contributed by atoms with E-state index in [1.807, 2.05) is 35.2 Å². The molecule has 2 aromatic carbocycles. The average Bonchev–Trinajstić information content (AvgIpc) is 2.68. The first kappa shape index (κ1) is 19.4. The van der Waals surface area contributed by atoms with Gasteiger partial charge < -0.3 is 9.64 Å². The topological polar surface area (TPSA) is 32.8 Å². The van der Waals surface area contributed by atoms with E-state index in [1.165, 1.54) is 11.1 Å². The molecule has 0 aromatic heterocycles. The summed E-state index contributed by atoms with van der Waals surface area (Å²) in [6, 6.07) is 18.7. The highest BCUT2D eigenvalue weighted by Crippen LogP contribution is 2.30. The highest BCUT2D eigenvalue weighted by Gasteiger charge is 2.32. The average molecular weight is 367 g/mol. The van der Waals surface area contributed by atoms with Crippen LogP contribution in [-0.2, 0) is 10.2 Å². The maximum absolute atomic E-state index is 13.1. The largest absolute Gasteiger partial charge is 0.497 e. The third-order valence-electron chi connectivity index (χ3n) is 5.63. The molecule has 0 radical (unpaired) electrons. The van der Waals surface area contributed by atoms with E-state index in [9.17, 15) is 4.79 Å². The van der Waals surface area contributed by atoms with Gasteiger partial charge >= 0.3 is 0 Å². The molecule has 0 N–H and O–H groups in total. The molecular weight excluding hydrogens is 336 g/mol. The van der Waals surface area contributed by atoms with Crippen LogP contribution in [0.3, 0.4) is 0 Å². The lowest BCUT2D eigenvalue weighted by molar-refractivity contribution is -0.135. The van der Waals surface area contributed by atoms with Crippen LogP contribution in [0.2, 0.25) is 0 Å². The van der Waals surface area contributed by atoms with Crippen molar-refractivity contribution in [2.45, 2.75) is 31.7 Å². The van der Waals surface area contributed by atoms with E-state index in [2.05, 4.69) is 50.1 Å². The van der Waals surface area contributed by atoms with Gasteiger partial charge in [-0.15, -0.1) is 0 Å². The third-order valence-corrected chi connectivity index (χ3v) is 5.63. The lowest BCUT2D eigenvalue weighted by Gasteiger charge is -2.41. The molecule has 0 bridgehead atoms. The zero-order valence-electron chi connectivity index (χ0n) is 16.8. The van der Waals surface area contributed by atoms with Gasteiger partial charge in [-0.2, -0.15) is 0 Å². The summed E-state index contributed by atoms with van der Waals surface area (Å²) in [7, 11) is 3.81. The van der Waals surface area contributed by atoms with Crippen LogP contribution in [0.15, 0.2) is 54.6 Å². The van der Waals surface area contributed by atoms with Crippen LogP contribution in [0, 0.1) is 0 Å². The van der Waals surface area contributed by atoms with Gasteiger partial charge in [0.2, 0.25) is 5.91 Å². The van der Waals surface area contributed by atoms with Crippen molar-refractivity contribution >= 4 is 5.91 Å². The predicted molar refractivity (Wildman–Crippen MR) is 109 cm³/mol. The van der Waals surface area contributed by atoms with E-state index in [1.54, 1.807) is 7.11 Å². The monoisotopic (exact) mass is 366 g/mol. The van der Waals surface area contributed by atoms with E-state index in [4.69, 9.17) is 4.74 Å². The van der Waals surface area contributed by atoms with E-state index in [0.29, 0.717) is 13.0 Å². The molecule has 1 aliphatic rings. The number of hydrogen-bond donors (Lipinski definition) is 0. The molecule has 0 aliphatic carbocycles. The first-order valence-corrected chi connectivity index (χ1v) is 9.58. The summed E-state index contributed by atoms with van der Waals surface area (Å²) >= 11 is 0. The fraction of sp³-hybridized carbons (Fsp3) is 0.435. The molecule has 4 heteroatoms. The van der Waals surface area contributed by atoms with Gasteiger partial charge in [-0.25, -0.2) is 0 Å². The van der Waals surface area contributed by atoms with Crippen LogP contribution < -0.4 is 4.74 Å². The van der Waals surface area contributed by atoms with Crippen LogP contribution in [-0.4, -0.2) is 49.5 Å². The fourth-order valence-corrected chi connectivity index (χ4v) is 3.79. The molecule has 2 aromatic rings. The Bertz CT molecular complexity index is 773. The molecular formula is C23H30N2O2. The second-order valence-corrected chi connectivity index (χ2v) is 8.04. The Morgan fingerprint density at radius 3 is 2.56 bits per heavy atom. The summed E-state index contributed by atoms with van der Waals surface area (Å²) in [5, 5.41) is 0. The molecule has 0 spiro atoms. The zero-order valence-corrected chi connectivity index (χ0v) is 16.8. The minimum atomic E-state index is -0.173. The fourth-order valence-electron chi connectivity index (χ4n) is 3.79. The van der Waals surface area contributed by atoms with Gasteiger partial charge in [0.25, 0.3) is 0 Å². The smallest absolute Gasteiger partial charge is 0.223 e. The SMILES string of the molecule is COc1cccc(C2CN(C(=O)CC(C)(C)c3ccccc3)CCN2C)c1. The van der Waals surface area contributed by atoms with Crippen molar-refractivity contribution < 1.29 is 9.53 Å². The molecule has 1 fully saturated rings. The Morgan fingerprint density at radius 1 is 1.11 bits per heavy atom. The van der Waals surface area contributed by atoms with Crippen LogP contribution in [0.4, 0.5) is 0 Å². The van der Waals surface area contributed by atoms with Crippen molar-refractivity contribution in [3.8, 4) is 5.75 Å². The van der Waals surface area contributed by atoms with Gasteiger partial charge in [0, 0.05) is 26.1 Å². The standard InChI is InChI=1S/C23H30N2O2/c1-23(2,19-10-6-5-7-11-19)16-22(26)25-14-13-24(3)21(17-25)18-9-8-12-20(15-18)27-4/h5-12,15,21H,13-14,16-17H2,1-4H3. The minimum Gasteiger partial charge on any atom is -0.497 e. The number of likely N-dealkylation sites (N-methyl/N-ethyl adjacent to an activating group) is 1. The summed E-state index contributed by atoms with van der Waals surface area (Å²) in [6.45, 7) is 6.67. The number of carbonyl (C=O) groups is 1. The van der Waals surface area contributed by atoms with E-state index in [-0.39, 0.29) is 17.4 Å². The molecule has 3 rings (SSSR count). The van der Waals surface area contributed by atoms with Crippen LogP contribution in [0.1, 0.15) is 37.4 Å².